The summed E-state index contributed by atoms with van der Waals surface area (Å²) in [7, 11) is 3.72. The number of hydrogen-bond donors (Lipinski definition) is 2. The summed E-state index contributed by atoms with van der Waals surface area (Å²) in [6.07, 6.45) is 2.67. The van der Waals surface area contributed by atoms with Crippen molar-refractivity contribution in [3.8, 4) is 5.75 Å². The van der Waals surface area contributed by atoms with Gasteiger partial charge in [0.2, 0.25) is 0 Å². The maximum atomic E-state index is 6.09. The summed E-state index contributed by atoms with van der Waals surface area (Å²) in [4.78, 5) is 4.36. The monoisotopic (exact) mass is 455 g/mol. The number of ether oxygens (including phenoxy) is 1. The number of benzene rings is 1. The molecule has 7 heteroatoms. The van der Waals surface area contributed by atoms with Gasteiger partial charge in [-0.05, 0) is 26.0 Å². The van der Waals surface area contributed by atoms with E-state index in [1.54, 1.807) is 13.2 Å². The molecule has 3 rings (SSSR count). The first-order valence-corrected chi connectivity index (χ1v) is 8.20. The number of aromatic nitrogens is 2. The number of rotatable bonds is 3. The molecule has 1 aromatic heterocycles. The van der Waals surface area contributed by atoms with Gasteiger partial charge in [0.05, 0.1) is 18.3 Å². The quantitative estimate of drug-likeness (QED) is 0.425. The third kappa shape index (κ3) is 4.65. The lowest BCUT2D eigenvalue weighted by Gasteiger charge is -2.38. The molecule has 0 saturated heterocycles. The highest BCUT2D eigenvalue weighted by Gasteiger charge is 2.33. The Morgan fingerprint density at radius 2 is 2.12 bits per heavy atom. The van der Waals surface area contributed by atoms with Gasteiger partial charge in [-0.3, -0.25) is 9.67 Å². The summed E-state index contributed by atoms with van der Waals surface area (Å²) >= 11 is 0. The van der Waals surface area contributed by atoms with Gasteiger partial charge in [-0.25, -0.2) is 0 Å². The Morgan fingerprint density at radius 1 is 1.36 bits per heavy atom. The number of nitrogens with zero attached hydrogens (tertiary/aromatic N) is 3. The first-order valence-electron chi connectivity index (χ1n) is 8.20. The minimum Gasteiger partial charge on any atom is -0.487 e. The lowest BCUT2D eigenvalue weighted by Crippen LogP contribution is -2.45. The largest absolute Gasteiger partial charge is 0.487 e. The highest BCUT2D eigenvalue weighted by molar-refractivity contribution is 14.0. The van der Waals surface area contributed by atoms with Crippen molar-refractivity contribution >= 4 is 29.9 Å². The van der Waals surface area contributed by atoms with Crippen LogP contribution in [0.1, 0.15) is 37.6 Å². The van der Waals surface area contributed by atoms with Crippen LogP contribution in [0.5, 0.6) is 5.75 Å². The number of aryl methyl sites for hydroxylation is 1. The van der Waals surface area contributed by atoms with Crippen LogP contribution in [-0.4, -0.2) is 28.4 Å². The van der Waals surface area contributed by atoms with Gasteiger partial charge in [0.15, 0.2) is 5.96 Å². The van der Waals surface area contributed by atoms with E-state index in [2.05, 4.69) is 40.6 Å². The van der Waals surface area contributed by atoms with E-state index in [4.69, 9.17) is 4.74 Å². The molecule has 1 aliphatic heterocycles. The molecule has 1 atom stereocenters. The number of hydrogen-bond acceptors (Lipinski definition) is 3. The van der Waals surface area contributed by atoms with Crippen LogP contribution in [0.4, 0.5) is 0 Å². The topological polar surface area (TPSA) is 63.5 Å². The fourth-order valence-corrected chi connectivity index (χ4v) is 3.04. The molecule has 1 aliphatic rings. The van der Waals surface area contributed by atoms with Crippen LogP contribution in [-0.2, 0) is 13.6 Å². The minimum atomic E-state index is -0.215. The van der Waals surface area contributed by atoms with Crippen molar-refractivity contribution < 1.29 is 4.74 Å². The van der Waals surface area contributed by atoms with Crippen LogP contribution >= 0.6 is 24.0 Å². The smallest absolute Gasteiger partial charge is 0.191 e. The van der Waals surface area contributed by atoms with Gasteiger partial charge in [-0.15, -0.1) is 24.0 Å². The molecule has 2 N–H and O–H groups in total. The molecule has 2 aromatic rings. The average molecular weight is 455 g/mol. The van der Waals surface area contributed by atoms with Crippen molar-refractivity contribution in [2.75, 3.05) is 7.05 Å². The molecule has 136 valence electrons. The first-order chi connectivity index (χ1) is 11.5. The van der Waals surface area contributed by atoms with Crippen molar-refractivity contribution in [2.45, 2.75) is 38.5 Å². The number of guanidine groups is 1. The van der Waals surface area contributed by atoms with E-state index in [0.29, 0.717) is 6.54 Å². The van der Waals surface area contributed by atoms with Crippen molar-refractivity contribution in [3.05, 3.63) is 47.8 Å². The van der Waals surface area contributed by atoms with Crippen LogP contribution in [0.25, 0.3) is 0 Å². The third-order valence-corrected chi connectivity index (χ3v) is 4.27. The van der Waals surface area contributed by atoms with Crippen LogP contribution in [0.2, 0.25) is 0 Å². The molecule has 0 fully saturated rings. The van der Waals surface area contributed by atoms with Crippen molar-refractivity contribution in [1.82, 2.24) is 20.4 Å². The highest BCUT2D eigenvalue weighted by atomic mass is 127. The Labute approximate surface area is 166 Å². The zero-order valence-electron chi connectivity index (χ0n) is 15.1. The number of fused-ring (bicyclic) bond motifs is 1. The third-order valence-electron chi connectivity index (χ3n) is 4.27. The molecule has 25 heavy (non-hydrogen) atoms. The molecule has 0 spiro atoms. The molecule has 1 aromatic carbocycles. The average Bonchev–Trinajstić information content (AvgIpc) is 2.95. The van der Waals surface area contributed by atoms with E-state index in [-0.39, 0.29) is 35.6 Å². The van der Waals surface area contributed by atoms with Gasteiger partial charge in [0, 0.05) is 32.3 Å². The molecular weight excluding hydrogens is 429 g/mol. The van der Waals surface area contributed by atoms with Gasteiger partial charge in [0.25, 0.3) is 0 Å². The molecule has 1 unspecified atom stereocenters. The molecule has 0 aliphatic carbocycles. The maximum absolute atomic E-state index is 6.09. The SMILES string of the molecule is CN=C(NCc1ccnn1C)NC1CC(C)(C)Oc2ccccc21.I. The van der Waals surface area contributed by atoms with Crippen LogP contribution in [0.3, 0.4) is 0 Å². The van der Waals surface area contributed by atoms with Gasteiger partial charge in [-0.1, -0.05) is 18.2 Å². The van der Waals surface area contributed by atoms with Crippen LogP contribution in [0, 0.1) is 0 Å². The Hall–Kier alpha value is -1.77. The van der Waals surface area contributed by atoms with Crippen molar-refractivity contribution in [1.29, 1.82) is 0 Å². The summed E-state index contributed by atoms with van der Waals surface area (Å²) in [5, 5.41) is 11.1. The predicted molar refractivity (Wildman–Crippen MR) is 110 cm³/mol. The lowest BCUT2D eigenvalue weighted by molar-refractivity contribution is 0.0694. The van der Waals surface area contributed by atoms with E-state index >= 15 is 0 Å². The molecular formula is C18H26IN5O. The second-order valence-electron chi connectivity index (χ2n) is 6.67. The van der Waals surface area contributed by atoms with E-state index in [1.165, 1.54) is 5.56 Å². The molecule has 0 amide bonds. The van der Waals surface area contributed by atoms with Gasteiger partial charge < -0.3 is 15.4 Å². The van der Waals surface area contributed by atoms with E-state index in [0.717, 1.165) is 23.8 Å². The predicted octanol–water partition coefficient (Wildman–Crippen LogP) is 3.01. The van der Waals surface area contributed by atoms with Crippen LogP contribution < -0.4 is 15.4 Å². The van der Waals surface area contributed by atoms with Crippen molar-refractivity contribution in [3.63, 3.8) is 0 Å². The molecule has 0 saturated carbocycles. The summed E-state index contributed by atoms with van der Waals surface area (Å²) in [5.41, 5.74) is 2.05. The second kappa shape index (κ2) is 8.07. The van der Waals surface area contributed by atoms with Crippen molar-refractivity contribution in [2.24, 2.45) is 12.0 Å². The number of para-hydroxylation sites is 1. The van der Waals surface area contributed by atoms with Gasteiger partial charge in [-0.2, -0.15) is 5.10 Å². The summed E-state index contributed by atoms with van der Waals surface area (Å²) in [6, 6.07) is 10.3. The van der Waals surface area contributed by atoms with Gasteiger partial charge >= 0.3 is 0 Å². The normalized spacial score (nSPS) is 18.6. The van der Waals surface area contributed by atoms with Crippen LogP contribution in [0.15, 0.2) is 41.5 Å². The standard InChI is InChI=1S/C18H25N5O.HI/c1-18(2)11-15(14-7-5-6-8-16(14)24-18)22-17(19-3)20-12-13-9-10-21-23(13)4;/h5-10,15H,11-12H2,1-4H3,(H2,19,20,22);1H. The first kappa shape index (κ1) is 19.6. The zero-order valence-corrected chi connectivity index (χ0v) is 17.4. The van der Waals surface area contributed by atoms with E-state index in [1.807, 2.05) is 36.0 Å². The Bertz CT molecular complexity index is 741. The lowest BCUT2D eigenvalue weighted by atomic mass is 9.90. The van der Waals surface area contributed by atoms with E-state index < -0.39 is 0 Å². The second-order valence-corrected chi connectivity index (χ2v) is 6.67. The fraction of sp³-hybridized carbons (Fsp3) is 0.444. The summed E-state index contributed by atoms with van der Waals surface area (Å²) in [6.45, 7) is 4.90. The summed E-state index contributed by atoms with van der Waals surface area (Å²) in [5.74, 6) is 1.71. The minimum absolute atomic E-state index is 0. The zero-order chi connectivity index (χ0) is 17.2. The number of halogens is 1. The Balaban J connectivity index is 0.00000225. The summed E-state index contributed by atoms with van der Waals surface area (Å²) < 4.78 is 7.94. The fourth-order valence-electron chi connectivity index (χ4n) is 3.04. The molecule has 2 heterocycles. The Morgan fingerprint density at radius 3 is 2.80 bits per heavy atom. The van der Waals surface area contributed by atoms with Gasteiger partial charge in [0.1, 0.15) is 11.4 Å². The molecule has 6 nitrogen and oxygen atoms in total. The number of aliphatic imine (C=N–C) groups is 1. The van der Waals surface area contributed by atoms with E-state index in [9.17, 15) is 0 Å². The Kier molecular flexibility index (Phi) is 6.31. The maximum Gasteiger partial charge on any atom is 0.191 e. The molecule has 0 radical (unpaired) electrons. The molecule has 0 bridgehead atoms. The number of nitrogens with one attached hydrogen (secondary N) is 2. The highest BCUT2D eigenvalue weighted by Crippen LogP contribution is 2.39.